The maximum Gasteiger partial charge on any atom is 0.232 e. The van der Waals surface area contributed by atoms with Crippen LogP contribution in [0, 0.1) is 11.3 Å². The smallest absolute Gasteiger partial charge is 0.232 e. The lowest BCUT2D eigenvalue weighted by Crippen LogP contribution is -2.54. The number of ether oxygens (including phenoxy) is 1. The molecular weight excluding hydrogens is 258 g/mol. The van der Waals surface area contributed by atoms with E-state index in [9.17, 15) is 9.59 Å². The van der Waals surface area contributed by atoms with Crippen LogP contribution in [-0.2, 0) is 14.3 Å². The fourth-order valence-electron chi connectivity index (χ4n) is 2.93. The second-order valence-electron chi connectivity index (χ2n) is 6.00. The van der Waals surface area contributed by atoms with Crippen LogP contribution in [0.4, 0.5) is 0 Å². The molecule has 0 radical (unpaired) electrons. The topological polar surface area (TPSA) is 84.7 Å². The molecule has 2 amide bonds. The van der Waals surface area contributed by atoms with Crippen molar-refractivity contribution in [3.8, 4) is 0 Å². The molecule has 0 saturated carbocycles. The molecule has 2 rings (SSSR count). The number of nitrogens with one attached hydrogen (secondary N) is 1. The molecule has 2 heterocycles. The van der Waals surface area contributed by atoms with Gasteiger partial charge in [0.2, 0.25) is 11.8 Å². The summed E-state index contributed by atoms with van der Waals surface area (Å²) in [4.78, 5) is 26.2. The van der Waals surface area contributed by atoms with Crippen molar-refractivity contribution in [1.82, 2.24) is 10.2 Å². The molecule has 0 spiro atoms. The van der Waals surface area contributed by atoms with E-state index in [0.29, 0.717) is 32.8 Å². The van der Waals surface area contributed by atoms with Crippen LogP contribution in [0.5, 0.6) is 0 Å². The molecule has 20 heavy (non-hydrogen) atoms. The molecule has 2 atom stereocenters. The zero-order valence-corrected chi connectivity index (χ0v) is 12.4. The molecule has 2 saturated heterocycles. The number of piperidine rings is 1. The van der Waals surface area contributed by atoms with Crippen molar-refractivity contribution in [1.29, 1.82) is 0 Å². The minimum Gasteiger partial charge on any atom is -0.379 e. The molecule has 6 nitrogen and oxygen atoms in total. The number of likely N-dealkylation sites (tertiary alicyclic amines) is 1. The number of rotatable bonds is 3. The largest absolute Gasteiger partial charge is 0.379 e. The number of nitrogens with zero attached hydrogens (tertiary/aromatic N) is 1. The van der Waals surface area contributed by atoms with Gasteiger partial charge in [0, 0.05) is 31.6 Å². The Bertz CT molecular complexity index is 380. The molecule has 0 aromatic rings. The van der Waals surface area contributed by atoms with Crippen LogP contribution >= 0.6 is 0 Å². The number of amides is 2. The highest BCUT2D eigenvalue weighted by Gasteiger charge is 2.47. The van der Waals surface area contributed by atoms with E-state index in [1.165, 1.54) is 0 Å². The van der Waals surface area contributed by atoms with Crippen LogP contribution in [0.3, 0.4) is 0 Å². The molecule has 2 aliphatic heterocycles. The predicted molar refractivity (Wildman–Crippen MR) is 74.9 cm³/mol. The maximum absolute atomic E-state index is 12.6. The Morgan fingerprint density at radius 2 is 2.05 bits per heavy atom. The number of hydrogen-bond donors (Lipinski definition) is 2. The highest BCUT2D eigenvalue weighted by Crippen LogP contribution is 2.31. The summed E-state index contributed by atoms with van der Waals surface area (Å²) in [6.07, 6.45) is 1.45. The Labute approximate surface area is 120 Å². The van der Waals surface area contributed by atoms with E-state index in [4.69, 9.17) is 10.5 Å². The van der Waals surface area contributed by atoms with Crippen molar-refractivity contribution in [3.05, 3.63) is 0 Å². The SMILES string of the molecule is CCNC(=O)C1CCN(C(=O)C2(C)COCC2N)CC1. The van der Waals surface area contributed by atoms with Crippen LogP contribution in [0.1, 0.15) is 26.7 Å². The minimum atomic E-state index is -0.613. The van der Waals surface area contributed by atoms with E-state index < -0.39 is 5.41 Å². The summed E-state index contributed by atoms with van der Waals surface area (Å²) >= 11 is 0. The number of carbonyl (C=O) groups excluding carboxylic acids is 2. The molecule has 2 unspecified atom stereocenters. The fourth-order valence-corrected chi connectivity index (χ4v) is 2.93. The highest BCUT2D eigenvalue weighted by atomic mass is 16.5. The Kier molecular flexibility index (Phi) is 4.65. The molecule has 0 aliphatic carbocycles. The van der Waals surface area contributed by atoms with Crippen molar-refractivity contribution in [2.45, 2.75) is 32.7 Å². The first-order valence-corrected chi connectivity index (χ1v) is 7.39. The molecule has 114 valence electrons. The Hall–Kier alpha value is -1.14. The summed E-state index contributed by atoms with van der Waals surface area (Å²) in [6, 6.07) is -0.240. The summed E-state index contributed by atoms with van der Waals surface area (Å²) < 4.78 is 5.34. The van der Waals surface area contributed by atoms with Gasteiger partial charge in [0.15, 0.2) is 0 Å². The lowest BCUT2D eigenvalue weighted by Gasteiger charge is -2.37. The monoisotopic (exact) mass is 283 g/mol. The second-order valence-corrected chi connectivity index (χ2v) is 6.00. The van der Waals surface area contributed by atoms with Gasteiger partial charge in [0.25, 0.3) is 0 Å². The standard InChI is InChI=1S/C14H25N3O3/c1-3-16-12(18)10-4-6-17(7-5-10)13(19)14(2)9-20-8-11(14)15/h10-11H,3-9,15H2,1-2H3,(H,16,18). The first-order chi connectivity index (χ1) is 9.49. The minimum absolute atomic E-state index is 0.0281. The Balaban J connectivity index is 1.90. The zero-order valence-electron chi connectivity index (χ0n) is 12.4. The zero-order chi connectivity index (χ0) is 14.8. The van der Waals surface area contributed by atoms with Gasteiger partial charge in [0.1, 0.15) is 0 Å². The Morgan fingerprint density at radius 1 is 1.40 bits per heavy atom. The third kappa shape index (κ3) is 2.81. The van der Waals surface area contributed by atoms with E-state index in [1.807, 2.05) is 18.7 Å². The molecule has 0 bridgehead atoms. The van der Waals surface area contributed by atoms with Gasteiger partial charge in [-0.1, -0.05) is 0 Å². The lowest BCUT2D eigenvalue weighted by molar-refractivity contribution is -0.144. The molecular formula is C14H25N3O3. The van der Waals surface area contributed by atoms with E-state index >= 15 is 0 Å². The van der Waals surface area contributed by atoms with Crippen molar-refractivity contribution in [2.24, 2.45) is 17.1 Å². The van der Waals surface area contributed by atoms with Crippen LogP contribution < -0.4 is 11.1 Å². The normalized spacial score (nSPS) is 31.4. The fraction of sp³-hybridized carbons (Fsp3) is 0.857. The average molecular weight is 283 g/mol. The third-order valence-electron chi connectivity index (χ3n) is 4.51. The Morgan fingerprint density at radius 3 is 2.55 bits per heavy atom. The molecule has 2 aliphatic rings. The molecule has 0 aromatic carbocycles. The molecule has 0 aromatic heterocycles. The summed E-state index contributed by atoms with van der Waals surface area (Å²) in [5, 5.41) is 2.85. The number of carbonyl (C=O) groups is 2. The van der Waals surface area contributed by atoms with Crippen molar-refractivity contribution >= 4 is 11.8 Å². The van der Waals surface area contributed by atoms with Crippen molar-refractivity contribution in [2.75, 3.05) is 32.8 Å². The third-order valence-corrected chi connectivity index (χ3v) is 4.51. The first-order valence-electron chi connectivity index (χ1n) is 7.39. The summed E-state index contributed by atoms with van der Waals surface area (Å²) in [6.45, 7) is 6.54. The predicted octanol–water partition coefficient (Wildman–Crippen LogP) is -0.275. The average Bonchev–Trinajstić information content (AvgIpc) is 2.79. The van der Waals surface area contributed by atoms with Gasteiger partial charge < -0.3 is 20.7 Å². The molecule has 2 fully saturated rings. The van der Waals surface area contributed by atoms with Gasteiger partial charge in [0.05, 0.1) is 18.6 Å². The van der Waals surface area contributed by atoms with Gasteiger partial charge >= 0.3 is 0 Å². The van der Waals surface area contributed by atoms with Gasteiger partial charge in [-0.2, -0.15) is 0 Å². The van der Waals surface area contributed by atoms with E-state index in [1.54, 1.807) is 0 Å². The second kappa shape index (κ2) is 6.10. The first kappa shape index (κ1) is 15.3. The van der Waals surface area contributed by atoms with E-state index in [0.717, 1.165) is 12.8 Å². The summed E-state index contributed by atoms with van der Waals surface area (Å²) in [5.74, 6) is 0.198. The highest BCUT2D eigenvalue weighted by molar-refractivity contribution is 5.84. The summed E-state index contributed by atoms with van der Waals surface area (Å²) in [5.41, 5.74) is 5.39. The molecule has 3 N–H and O–H groups in total. The molecule has 6 heteroatoms. The number of hydrogen-bond acceptors (Lipinski definition) is 4. The van der Waals surface area contributed by atoms with Gasteiger partial charge in [-0.25, -0.2) is 0 Å². The van der Waals surface area contributed by atoms with Crippen LogP contribution in [0.15, 0.2) is 0 Å². The van der Waals surface area contributed by atoms with Gasteiger partial charge in [-0.15, -0.1) is 0 Å². The van der Waals surface area contributed by atoms with E-state index in [-0.39, 0.29) is 23.8 Å². The van der Waals surface area contributed by atoms with Crippen LogP contribution in [0.25, 0.3) is 0 Å². The van der Waals surface area contributed by atoms with E-state index in [2.05, 4.69) is 5.32 Å². The van der Waals surface area contributed by atoms with Gasteiger partial charge in [-0.05, 0) is 26.7 Å². The van der Waals surface area contributed by atoms with Gasteiger partial charge in [-0.3, -0.25) is 9.59 Å². The quantitative estimate of drug-likeness (QED) is 0.746. The van der Waals surface area contributed by atoms with Crippen molar-refractivity contribution < 1.29 is 14.3 Å². The van der Waals surface area contributed by atoms with Crippen LogP contribution in [-0.4, -0.2) is 55.6 Å². The van der Waals surface area contributed by atoms with Crippen LogP contribution in [0.2, 0.25) is 0 Å². The lowest BCUT2D eigenvalue weighted by atomic mass is 9.83. The van der Waals surface area contributed by atoms with Crippen molar-refractivity contribution in [3.63, 3.8) is 0 Å². The maximum atomic E-state index is 12.6. The summed E-state index contributed by atoms with van der Waals surface area (Å²) in [7, 11) is 0. The number of nitrogens with two attached hydrogens (primary N) is 1.